The van der Waals surface area contributed by atoms with Crippen molar-refractivity contribution in [3.63, 3.8) is 0 Å². The Morgan fingerprint density at radius 3 is 2.22 bits per heavy atom. The highest BCUT2D eigenvalue weighted by Gasteiger charge is 2.26. The average Bonchev–Trinajstić information content (AvgIpc) is 1.63. The van der Waals surface area contributed by atoms with Crippen molar-refractivity contribution in [1.82, 2.24) is 0 Å². The third kappa shape index (κ3) is 4.06. The lowest BCUT2D eigenvalue weighted by atomic mass is 10.2. The zero-order valence-corrected chi connectivity index (χ0v) is 5.20. The highest BCUT2D eigenvalue weighted by molar-refractivity contribution is 4.87. The summed E-state index contributed by atoms with van der Waals surface area (Å²) in [4.78, 5) is 0. The molecular formula is C6H9F3. The number of hydrogen-bond donors (Lipinski definition) is 0. The van der Waals surface area contributed by atoms with E-state index < -0.39 is 18.5 Å². The molecular weight excluding hydrogens is 129 g/mol. The van der Waals surface area contributed by atoms with E-state index in [-0.39, 0.29) is 0 Å². The maximum atomic E-state index is 12.0. The molecule has 0 bridgehead atoms. The molecule has 0 radical (unpaired) electrons. The number of hydrogen-bond acceptors (Lipinski definition) is 0. The molecule has 0 N–H and O–H groups in total. The van der Waals surface area contributed by atoms with Crippen molar-refractivity contribution < 1.29 is 13.2 Å². The molecule has 3 heteroatoms. The quantitative estimate of drug-likeness (QED) is 0.526. The number of allylic oxidation sites excluding steroid dienone is 1. The summed E-state index contributed by atoms with van der Waals surface area (Å²) in [5, 5.41) is 0. The van der Waals surface area contributed by atoms with Crippen LogP contribution in [0.15, 0.2) is 12.7 Å². The summed E-state index contributed by atoms with van der Waals surface area (Å²) in [5.41, 5.74) is 0. The van der Waals surface area contributed by atoms with E-state index in [0.29, 0.717) is 6.08 Å². The third-order valence-electron chi connectivity index (χ3n) is 0.852. The van der Waals surface area contributed by atoms with E-state index in [1.54, 1.807) is 0 Å². The van der Waals surface area contributed by atoms with Crippen LogP contribution in [0.1, 0.15) is 13.3 Å². The first-order valence-electron chi connectivity index (χ1n) is 2.63. The lowest BCUT2D eigenvalue weighted by Crippen LogP contribution is -2.16. The highest BCUT2D eigenvalue weighted by atomic mass is 19.3. The minimum Gasteiger partial charge on any atom is -0.248 e. The smallest absolute Gasteiger partial charge is 0.248 e. The van der Waals surface area contributed by atoms with E-state index in [0.717, 1.165) is 6.92 Å². The van der Waals surface area contributed by atoms with Crippen LogP contribution in [0.3, 0.4) is 0 Å². The molecule has 1 atom stereocenters. The van der Waals surface area contributed by atoms with E-state index in [2.05, 4.69) is 6.58 Å². The van der Waals surface area contributed by atoms with Crippen molar-refractivity contribution >= 4 is 0 Å². The van der Waals surface area contributed by atoms with E-state index in [9.17, 15) is 13.2 Å². The van der Waals surface area contributed by atoms with Crippen molar-refractivity contribution in [3.8, 4) is 0 Å². The first-order chi connectivity index (χ1) is 3.98. The minimum absolute atomic E-state index is 0.461. The van der Waals surface area contributed by atoms with Gasteiger partial charge in [-0.25, -0.2) is 13.2 Å². The van der Waals surface area contributed by atoms with Crippen LogP contribution in [0.5, 0.6) is 0 Å². The van der Waals surface area contributed by atoms with Gasteiger partial charge in [0, 0.05) is 6.42 Å². The monoisotopic (exact) mass is 138 g/mol. The van der Waals surface area contributed by atoms with Crippen molar-refractivity contribution in [2.45, 2.75) is 25.4 Å². The topological polar surface area (TPSA) is 0 Å². The van der Waals surface area contributed by atoms with Crippen molar-refractivity contribution in [1.29, 1.82) is 0 Å². The maximum Gasteiger partial charge on any atom is 0.268 e. The molecule has 0 saturated heterocycles. The molecule has 9 heavy (non-hydrogen) atoms. The van der Waals surface area contributed by atoms with Gasteiger partial charge >= 0.3 is 0 Å². The van der Waals surface area contributed by atoms with Gasteiger partial charge in [-0.15, -0.1) is 0 Å². The fourth-order valence-corrected chi connectivity index (χ4v) is 0.458. The molecule has 54 valence electrons. The normalized spacial score (nSPS) is 15.1. The summed E-state index contributed by atoms with van der Waals surface area (Å²) >= 11 is 0. The molecule has 0 fully saturated rings. The number of alkyl halides is 3. The summed E-state index contributed by atoms with van der Waals surface area (Å²) < 4.78 is 35.9. The molecule has 0 saturated carbocycles. The fraction of sp³-hybridized carbons (Fsp3) is 0.667. The molecule has 0 spiro atoms. The van der Waals surface area contributed by atoms with Gasteiger partial charge in [-0.3, -0.25) is 0 Å². The molecule has 0 amide bonds. The lowest BCUT2D eigenvalue weighted by Gasteiger charge is -2.10. The summed E-state index contributed by atoms with van der Waals surface area (Å²) in [7, 11) is 0. The Morgan fingerprint density at radius 2 is 2.11 bits per heavy atom. The van der Waals surface area contributed by atoms with Gasteiger partial charge in [0.2, 0.25) is 0 Å². The minimum atomic E-state index is -3.05. The summed E-state index contributed by atoms with van der Waals surface area (Å²) in [6.45, 7) is 3.96. The molecule has 0 aliphatic heterocycles. The Hall–Kier alpha value is -0.470. The van der Waals surface area contributed by atoms with Gasteiger partial charge in [0.25, 0.3) is 5.92 Å². The molecule has 1 unspecified atom stereocenters. The first kappa shape index (κ1) is 8.53. The molecule has 0 heterocycles. The average molecular weight is 138 g/mol. The van der Waals surface area contributed by atoms with Crippen LogP contribution >= 0.6 is 0 Å². The zero-order chi connectivity index (χ0) is 7.49. The van der Waals surface area contributed by atoms with Crippen LogP contribution in [-0.4, -0.2) is 12.1 Å². The maximum absolute atomic E-state index is 12.0. The molecule has 0 aliphatic carbocycles. The Morgan fingerprint density at radius 1 is 1.67 bits per heavy atom. The van der Waals surface area contributed by atoms with E-state index in [1.165, 1.54) is 0 Å². The largest absolute Gasteiger partial charge is 0.268 e. The highest BCUT2D eigenvalue weighted by Crippen LogP contribution is 2.22. The van der Waals surface area contributed by atoms with Crippen molar-refractivity contribution in [2.75, 3.05) is 0 Å². The van der Waals surface area contributed by atoms with Gasteiger partial charge in [0.05, 0.1) is 0 Å². The Kier molecular flexibility index (Phi) is 2.74. The molecule has 0 nitrogen and oxygen atoms in total. The first-order valence-corrected chi connectivity index (χ1v) is 2.63. The van der Waals surface area contributed by atoms with Crippen LogP contribution in [0.2, 0.25) is 0 Å². The van der Waals surface area contributed by atoms with Crippen LogP contribution in [0.4, 0.5) is 13.2 Å². The predicted molar refractivity (Wildman–Crippen MR) is 30.3 cm³/mol. The summed E-state index contributed by atoms with van der Waals surface area (Å²) in [6, 6.07) is 0. The third-order valence-corrected chi connectivity index (χ3v) is 0.852. The summed E-state index contributed by atoms with van der Waals surface area (Å²) in [5.74, 6) is -3.05. The van der Waals surface area contributed by atoms with E-state index in [1.807, 2.05) is 0 Å². The van der Waals surface area contributed by atoms with Crippen LogP contribution in [-0.2, 0) is 0 Å². The van der Waals surface area contributed by atoms with Gasteiger partial charge in [0.1, 0.15) is 6.17 Å². The molecule has 0 aromatic heterocycles. The predicted octanol–water partition coefficient (Wildman–Crippen LogP) is 2.56. The standard InChI is InChI=1S/C6H9F3/c1-3-6(8,9)4-5(2)7/h3,5H,1,4H2,2H3. The van der Waals surface area contributed by atoms with Crippen LogP contribution in [0.25, 0.3) is 0 Å². The van der Waals surface area contributed by atoms with Crippen LogP contribution < -0.4 is 0 Å². The van der Waals surface area contributed by atoms with Gasteiger partial charge in [-0.05, 0) is 13.0 Å². The second-order valence-corrected chi connectivity index (χ2v) is 1.95. The van der Waals surface area contributed by atoms with Crippen LogP contribution in [0, 0.1) is 0 Å². The fourth-order valence-electron chi connectivity index (χ4n) is 0.458. The number of halogens is 3. The SMILES string of the molecule is C=CC(F)(F)CC(C)F. The molecule has 0 aromatic rings. The van der Waals surface area contributed by atoms with E-state index in [4.69, 9.17) is 0 Å². The second kappa shape index (κ2) is 2.90. The van der Waals surface area contributed by atoms with Crippen molar-refractivity contribution in [2.24, 2.45) is 0 Å². The van der Waals surface area contributed by atoms with Gasteiger partial charge in [0.15, 0.2) is 0 Å². The Bertz CT molecular complexity index is 96.5. The summed E-state index contributed by atoms with van der Waals surface area (Å²) in [6.07, 6.45) is -1.78. The van der Waals surface area contributed by atoms with Gasteiger partial charge in [-0.2, -0.15) is 0 Å². The Balaban J connectivity index is 3.71. The molecule has 0 aromatic carbocycles. The van der Waals surface area contributed by atoms with E-state index >= 15 is 0 Å². The van der Waals surface area contributed by atoms with Gasteiger partial charge in [-0.1, -0.05) is 6.58 Å². The zero-order valence-electron chi connectivity index (χ0n) is 5.20. The van der Waals surface area contributed by atoms with Gasteiger partial charge < -0.3 is 0 Å². The Labute approximate surface area is 52.4 Å². The molecule has 0 rings (SSSR count). The number of rotatable bonds is 3. The van der Waals surface area contributed by atoms with Crippen molar-refractivity contribution in [3.05, 3.63) is 12.7 Å². The second-order valence-electron chi connectivity index (χ2n) is 1.95. The lowest BCUT2D eigenvalue weighted by molar-refractivity contribution is 0.0238. The molecule has 0 aliphatic rings.